The maximum absolute atomic E-state index is 14.6. The Bertz CT molecular complexity index is 1180. The van der Waals surface area contributed by atoms with Crippen LogP contribution in [0.5, 0.6) is 0 Å². The molecule has 0 bridgehead atoms. The lowest BCUT2D eigenvalue weighted by Gasteiger charge is -2.24. The fourth-order valence-corrected chi connectivity index (χ4v) is 3.45. The van der Waals surface area contributed by atoms with Gasteiger partial charge in [-0.15, -0.1) is 0 Å². The minimum Gasteiger partial charge on any atom is -0.373 e. The smallest absolute Gasteiger partial charge is 0.373 e. The van der Waals surface area contributed by atoms with E-state index >= 15 is 0 Å². The van der Waals surface area contributed by atoms with Crippen LogP contribution in [-0.4, -0.2) is 55.0 Å². The molecule has 3 rings (SSSR count). The summed E-state index contributed by atoms with van der Waals surface area (Å²) >= 11 is 0. The number of alkyl halides is 3. The Hall–Kier alpha value is -3.73. The molecule has 0 aliphatic heterocycles. The zero-order chi connectivity index (χ0) is 25.8. The van der Waals surface area contributed by atoms with Crippen molar-refractivity contribution >= 4 is 23.2 Å². The van der Waals surface area contributed by atoms with Crippen molar-refractivity contribution < 1.29 is 22.4 Å². The molecular weight excluding hydrogens is 464 g/mol. The van der Waals surface area contributed by atoms with Crippen molar-refractivity contribution in [2.24, 2.45) is 0 Å². The Morgan fingerprint density at radius 3 is 2.31 bits per heavy atom. The molecule has 11 heteroatoms. The molecule has 0 saturated heterocycles. The fourth-order valence-electron chi connectivity index (χ4n) is 3.45. The molecule has 0 fully saturated rings. The maximum atomic E-state index is 14.6. The number of hydrogen-bond donors (Lipinski definition) is 2. The van der Waals surface area contributed by atoms with Crippen molar-refractivity contribution in [2.75, 3.05) is 50.2 Å². The van der Waals surface area contributed by atoms with Gasteiger partial charge in [-0.2, -0.15) is 13.2 Å². The molecule has 7 nitrogen and oxygen atoms in total. The van der Waals surface area contributed by atoms with E-state index in [4.69, 9.17) is 5.73 Å². The molecule has 2 aromatic carbocycles. The first-order valence-corrected chi connectivity index (χ1v) is 10.7. The van der Waals surface area contributed by atoms with Crippen LogP contribution in [0.15, 0.2) is 48.8 Å². The van der Waals surface area contributed by atoms with Crippen LogP contribution in [0.3, 0.4) is 0 Å². The van der Waals surface area contributed by atoms with Gasteiger partial charge in [-0.05, 0) is 63.0 Å². The third-order valence-electron chi connectivity index (χ3n) is 5.30. The standard InChI is InChI=1S/C24H26F4N6O/c1-33(2)9-4-10-34(3)21-8-6-17(24(26,27)28)12-20(21)32-22(35)18-11-15(5-7-19(18)25)16-13-30-23(29)31-14-16/h5-8,11-14H,4,9-10H2,1-3H3,(H,32,35)(H2,29,30,31). The van der Waals surface area contributed by atoms with E-state index in [9.17, 15) is 22.4 Å². The first-order valence-electron chi connectivity index (χ1n) is 10.7. The Balaban J connectivity index is 1.93. The molecule has 1 aromatic heterocycles. The molecule has 0 saturated carbocycles. The van der Waals surface area contributed by atoms with Crippen LogP contribution >= 0.6 is 0 Å². The van der Waals surface area contributed by atoms with E-state index < -0.39 is 23.5 Å². The van der Waals surface area contributed by atoms with Gasteiger partial charge in [0.05, 0.1) is 22.5 Å². The van der Waals surface area contributed by atoms with Crippen molar-refractivity contribution in [3.8, 4) is 11.1 Å². The number of halogens is 4. The molecule has 3 aromatic rings. The maximum Gasteiger partial charge on any atom is 0.416 e. The minimum atomic E-state index is -4.61. The van der Waals surface area contributed by atoms with Crippen LogP contribution in [0.4, 0.5) is 34.9 Å². The van der Waals surface area contributed by atoms with Crippen LogP contribution in [-0.2, 0) is 6.18 Å². The zero-order valence-electron chi connectivity index (χ0n) is 19.5. The molecule has 3 N–H and O–H groups in total. The van der Waals surface area contributed by atoms with Gasteiger partial charge in [0.1, 0.15) is 5.82 Å². The number of carbonyl (C=O) groups excluding carboxylic acids is 1. The summed E-state index contributed by atoms with van der Waals surface area (Å²) in [5.74, 6) is -1.65. The lowest BCUT2D eigenvalue weighted by molar-refractivity contribution is -0.137. The van der Waals surface area contributed by atoms with Gasteiger partial charge in [0.15, 0.2) is 0 Å². The number of nitrogen functional groups attached to an aromatic ring is 1. The quantitative estimate of drug-likeness (QED) is 0.452. The molecule has 1 heterocycles. The van der Waals surface area contributed by atoms with E-state index in [-0.39, 0.29) is 17.2 Å². The summed E-state index contributed by atoms with van der Waals surface area (Å²) in [5, 5.41) is 2.47. The van der Waals surface area contributed by atoms with Crippen LogP contribution in [0.2, 0.25) is 0 Å². The Labute approximate surface area is 200 Å². The molecule has 186 valence electrons. The number of nitrogens with two attached hydrogens (primary N) is 1. The Morgan fingerprint density at radius 1 is 1.00 bits per heavy atom. The number of rotatable bonds is 8. The van der Waals surface area contributed by atoms with Crippen molar-refractivity contribution in [1.29, 1.82) is 0 Å². The zero-order valence-corrected chi connectivity index (χ0v) is 19.5. The van der Waals surface area contributed by atoms with Crippen LogP contribution in [0.1, 0.15) is 22.3 Å². The Morgan fingerprint density at radius 2 is 1.69 bits per heavy atom. The number of amides is 1. The average molecular weight is 491 g/mol. The summed E-state index contributed by atoms with van der Waals surface area (Å²) in [4.78, 5) is 24.5. The molecule has 0 radical (unpaired) electrons. The summed E-state index contributed by atoms with van der Waals surface area (Å²) in [6.45, 7) is 1.31. The largest absolute Gasteiger partial charge is 0.416 e. The summed E-state index contributed by atoms with van der Waals surface area (Å²) < 4.78 is 54.7. The fraction of sp³-hybridized carbons (Fsp3) is 0.292. The van der Waals surface area contributed by atoms with Gasteiger partial charge in [0.25, 0.3) is 5.91 Å². The minimum absolute atomic E-state index is 0.0561. The number of carbonyl (C=O) groups is 1. The van der Waals surface area contributed by atoms with E-state index in [2.05, 4.69) is 15.3 Å². The van der Waals surface area contributed by atoms with Gasteiger partial charge in [0.2, 0.25) is 5.95 Å². The third-order valence-corrected chi connectivity index (χ3v) is 5.30. The second-order valence-electron chi connectivity index (χ2n) is 8.29. The first kappa shape index (κ1) is 25.9. The molecule has 0 spiro atoms. The molecule has 0 atom stereocenters. The SMILES string of the molecule is CN(C)CCCN(C)c1ccc(C(F)(F)F)cc1NC(=O)c1cc(-c2cnc(N)nc2)ccc1F. The second kappa shape index (κ2) is 10.7. The van der Waals surface area contributed by atoms with Crippen LogP contribution in [0, 0.1) is 5.82 Å². The van der Waals surface area contributed by atoms with Gasteiger partial charge in [-0.3, -0.25) is 4.79 Å². The number of hydrogen-bond acceptors (Lipinski definition) is 6. The van der Waals surface area contributed by atoms with Gasteiger partial charge in [-0.25, -0.2) is 14.4 Å². The summed E-state index contributed by atoms with van der Waals surface area (Å²) in [6.07, 6.45) is -1.02. The van der Waals surface area contributed by atoms with Gasteiger partial charge >= 0.3 is 6.18 Å². The normalized spacial score (nSPS) is 11.5. The number of nitrogens with zero attached hydrogens (tertiary/aromatic N) is 4. The molecule has 35 heavy (non-hydrogen) atoms. The number of nitrogens with one attached hydrogen (secondary N) is 1. The summed E-state index contributed by atoms with van der Waals surface area (Å²) in [7, 11) is 5.56. The van der Waals surface area contributed by atoms with Crippen molar-refractivity contribution in [3.63, 3.8) is 0 Å². The molecule has 0 aliphatic carbocycles. The highest BCUT2D eigenvalue weighted by molar-refractivity contribution is 6.06. The van der Waals surface area contributed by atoms with E-state index in [1.165, 1.54) is 30.6 Å². The van der Waals surface area contributed by atoms with Crippen LogP contribution in [0.25, 0.3) is 11.1 Å². The highest BCUT2D eigenvalue weighted by atomic mass is 19.4. The van der Waals surface area contributed by atoms with E-state index in [1.54, 1.807) is 11.9 Å². The van der Waals surface area contributed by atoms with Gasteiger partial charge in [0, 0.05) is 31.5 Å². The molecule has 1 amide bonds. The van der Waals surface area contributed by atoms with Crippen molar-refractivity contribution in [3.05, 3.63) is 65.7 Å². The average Bonchev–Trinajstić information content (AvgIpc) is 2.79. The number of benzene rings is 2. The van der Waals surface area contributed by atoms with Gasteiger partial charge < -0.3 is 20.9 Å². The first-order chi connectivity index (χ1) is 16.5. The topological polar surface area (TPSA) is 87.4 Å². The van der Waals surface area contributed by atoms with E-state index in [1.807, 2.05) is 19.0 Å². The molecule has 0 unspecified atom stereocenters. The number of anilines is 3. The second-order valence-corrected chi connectivity index (χ2v) is 8.29. The summed E-state index contributed by atoms with van der Waals surface area (Å²) in [6, 6.07) is 6.93. The van der Waals surface area contributed by atoms with Gasteiger partial charge in [-0.1, -0.05) is 6.07 Å². The predicted molar refractivity (Wildman–Crippen MR) is 128 cm³/mol. The molecule has 0 aliphatic rings. The van der Waals surface area contributed by atoms with E-state index in [0.29, 0.717) is 23.4 Å². The predicted octanol–water partition coefficient (Wildman–Crippen LogP) is 4.52. The lowest BCUT2D eigenvalue weighted by atomic mass is 10.0. The summed E-state index contributed by atoms with van der Waals surface area (Å²) in [5.41, 5.74) is 5.48. The highest BCUT2D eigenvalue weighted by Crippen LogP contribution is 2.35. The third kappa shape index (κ3) is 6.66. The van der Waals surface area contributed by atoms with Crippen molar-refractivity contribution in [2.45, 2.75) is 12.6 Å². The van der Waals surface area contributed by atoms with Crippen molar-refractivity contribution in [1.82, 2.24) is 14.9 Å². The van der Waals surface area contributed by atoms with E-state index in [0.717, 1.165) is 31.2 Å². The monoisotopic (exact) mass is 490 g/mol. The lowest BCUT2D eigenvalue weighted by Crippen LogP contribution is -2.25. The molecular formula is C24H26F4N6O. The number of aromatic nitrogens is 2. The Kier molecular flexibility index (Phi) is 7.90. The highest BCUT2D eigenvalue weighted by Gasteiger charge is 2.31. The van der Waals surface area contributed by atoms with Crippen LogP contribution < -0.4 is 16.0 Å².